The number of anilines is 2. The molecule has 4 heterocycles. The predicted molar refractivity (Wildman–Crippen MR) is 102 cm³/mol. The van der Waals surface area contributed by atoms with Gasteiger partial charge in [-0.05, 0) is 23.8 Å². The first kappa shape index (κ1) is 15.3. The van der Waals surface area contributed by atoms with Gasteiger partial charge in [0.25, 0.3) is 0 Å². The highest BCUT2D eigenvalue weighted by atomic mass is 16.5. The molecule has 5 aromatic rings. The van der Waals surface area contributed by atoms with Crippen molar-refractivity contribution in [3.8, 4) is 17.1 Å². The fourth-order valence-corrected chi connectivity index (χ4v) is 3.05. The summed E-state index contributed by atoms with van der Waals surface area (Å²) in [6.07, 6.45) is 9.19. The molecule has 5 rings (SSSR count). The minimum absolute atomic E-state index is 0.306. The molecule has 4 aromatic heterocycles. The van der Waals surface area contributed by atoms with Crippen molar-refractivity contribution in [3.63, 3.8) is 0 Å². The molecule has 0 fully saturated rings. The summed E-state index contributed by atoms with van der Waals surface area (Å²) in [5.41, 5.74) is 4.75. The van der Waals surface area contributed by atoms with Crippen molar-refractivity contribution < 1.29 is 4.74 Å². The molecule has 0 bridgehead atoms. The van der Waals surface area contributed by atoms with Crippen LogP contribution in [0.4, 0.5) is 11.5 Å². The lowest BCUT2D eigenvalue weighted by Gasteiger charge is -2.11. The van der Waals surface area contributed by atoms with E-state index >= 15 is 0 Å². The maximum Gasteiger partial charge on any atom is 0.318 e. The average molecular weight is 357 g/mol. The summed E-state index contributed by atoms with van der Waals surface area (Å²) >= 11 is 0. The molecule has 0 spiro atoms. The van der Waals surface area contributed by atoms with Gasteiger partial charge in [-0.3, -0.25) is 5.10 Å². The van der Waals surface area contributed by atoms with Gasteiger partial charge in [0, 0.05) is 35.7 Å². The lowest BCUT2D eigenvalue weighted by atomic mass is 10.1. The quantitative estimate of drug-likeness (QED) is 0.512. The lowest BCUT2D eigenvalue weighted by Crippen LogP contribution is -2.00. The largest absolute Gasteiger partial charge is 0.467 e. The van der Waals surface area contributed by atoms with E-state index in [2.05, 4.69) is 54.7 Å². The van der Waals surface area contributed by atoms with Gasteiger partial charge in [-0.1, -0.05) is 12.1 Å². The van der Waals surface area contributed by atoms with Crippen LogP contribution in [-0.2, 0) is 0 Å². The highest BCUT2D eigenvalue weighted by Gasteiger charge is 2.10. The molecule has 8 nitrogen and oxygen atoms in total. The number of rotatable bonds is 4. The first-order chi connectivity index (χ1) is 13.3. The van der Waals surface area contributed by atoms with Crippen LogP contribution in [0.2, 0.25) is 0 Å². The molecule has 0 radical (unpaired) electrons. The van der Waals surface area contributed by atoms with E-state index in [1.54, 1.807) is 18.5 Å². The van der Waals surface area contributed by atoms with Gasteiger partial charge in [-0.25, -0.2) is 9.97 Å². The molecule has 0 aliphatic rings. The molecule has 2 N–H and O–H groups in total. The third kappa shape index (κ3) is 2.73. The van der Waals surface area contributed by atoms with Crippen molar-refractivity contribution in [1.29, 1.82) is 0 Å². The number of ether oxygens (including phenoxy) is 1. The molecule has 0 saturated heterocycles. The zero-order chi connectivity index (χ0) is 18.2. The third-order valence-electron chi connectivity index (χ3n) is 4.34. The summed E-state index contributed by atoms with van der Waals surface area (Å²) in [6.45, 7) is 0. The normalized spacial score (nSPS) is 11.1. The summed E-state index contributed by atoms with van der Waals surface area (Å²) in [5.74, 6) is 0.632. The van der Waals surface area contributed by atoms with E-state index in [9.17, 15) is 0 Å². The molecule has 0 aliphatic heterocycles. The number of benzene rings is 1. The SMILES string of the molecule is COc1nccc(Nc2cc(-c3ccc4cn[nH]c4c3)cn3ccnc23)n1. The van der Waals surface area contributed by atoms with Crippen LogP contribution < -0.4 is 10.1 Å². The molecule has 0 atom stereocenters. The summed E-state index contributed by atoms with van der Waals surface area (Å²) in [7, 11) is 1.54. The molecular weight excluding hydrogens is 342 g/mol. The minimum Gasteiger partial charge on any atom is -0.467 e. The molecule has 0 aliphatic carbocycles. The third-order valence-corrected chi connectivity index (χ3v) is 4.34. The van der Waals surface area contributed by atoms with Crippen molar-refractivity contribution in [2.24, 2.45) is 0 Å². The molecule has 0 amide bonds. The number of imidazole rings is 1. The van der Waals surface area contributed by atoms with Gasteiger partial charge in [-0.2, -0.15) is 10.1 Å². The summed E-state index contributed by atoms with van der Waals surface area (Å²) < 4.78 is 7.08. The monoisotopic (exact) mass is 357 g/mol. The highest BCUT2D eigenvalue weighted by Crippen LogP contribution is 2.29. The van der Waals surface area contributed by atoms with Crippen molar-refractivity contribution in [1.82, 2.24) is 29.5 Å². The lowest BCUT2D eigenvalue weighted by molar-refractivity contribution is 0.380. The topological polar surface area (TPSA) is 93.0 Å². The van der Waals surface area contributed by atoms with Crippen LogP contribution in [0.15, 0.2) is 61.3 Å². The molecule has 132 valence electrons. The van der Waals surface area contributed by atoms with E-state index in [4.69, 9.17) is 4.74 Å². The average Bonchev–Trinajstić information content (AvgIpc) is 3.36. The number of pyridine rings is 1. The van der Waals surface area contributed by atoms with Gasteiger partial charge in [0.15, 0.2) is 5.65 Å². The molecule has 8 heteroatoms. The Kier molecular flexibility index (Phi) is 3.46. The van der Waals surface area contributed by atoms with Crippen molar-refractivity contribution in [2.75, 3.05) is 12.4 Å². The van der Waals surface area contributed by atoms with Crippen LogP contribution in [-0.4, -0.2) is 36.7 Å². The Bertz CT molecular complexity index is 1260. The van der Waals surface area contributed by atoms with E-state index < -0.39 is 0 Å². The summed E-state index contributed by atoms with van der Waals surface area (Å²) in [6, 6.07) is 10.3. The number of aromatic nitrogens is 6. The van der Waals surface area contributed by atoms with Gasteiger partial charge in [0.2, 0.25) is 0 Å². The molecule has 27 heavy (non-hydrogen) atoms. The number of nitrogens with one attached hydrogen (secondary N) is 2. The minimum atomic E-state index is 0.306. The van der Waals surface area contributed by atoms with Crippen LogP contribution >= 0.6 is 0 Å². The Balaban J connectivity index is 1.62. The number of methoxy groups -OCH3 is 1. The van der Waals surface area contributed by atoms with E-state index in [0.717, 1.165) is 33.4 Å². The Morgan fingerprint density at radius 1 is 1.07 bits per heavy atom. The molecule has 1 aromatic carbocycles. The van der Waals surface area contributed by atoms with E-state index in [0.29, 0.717) is 11.8 Å². The van der Waals surface area contributed by atoms with Gasteiger partial charge >= 0.3 is 6.01 Å². The zero-order valence-electron chi connectivity index (χ0n) is 14.4. The number of fused-ring (bicyclic) bond motifs is 2. The standard InChI is InChI=1S/C19H15N7O/c1-27-19-21-5-4-17(24-19)23-16-9-14(11-26-7-6-20-18(16)26)12-2-3-13-10-22-25-15(13)8-12/h2-11H,1H3,(H,22,25)(H,21,23,24). The Morgan fingerprint density at radius 2 is 2.04 bits per heavy atom. The molecule has 0 unspecified atom stereocenters. The van der Waals surface area contributed by atoms with Gasteiger partial charge in [0.05, 0.1) is 24.5 Å². The van der Waals surface area contributed by atoms with Gasteiger partial charge in [-0.15, -0.1) is 0 Å². The zero-order valence-corrected chi connectivity index (χ0v) is 14.4. The van der Waals surface area contributed by atoms with Gasteiger partial charge < -0.3 is 14.5 Å². The maximum absolute atomic E-state index is 5.10. The van der Waals surface area contributed by atoms with Crippen LogP contribution in [0, 0.1) is 0 Å². The van der Waals surface area contributed by atoms with E-state index in [1.807, 2.05) is 23.0 Å². The number of hydrogen-bond donors (Lipinski definition) is 2. The number of hydrogen-bond acceptors (Lipinski definition) is 6. The van der Waals surface area contributed by atoms with Crippen molar-refractivity contribution in [2.45, 2.75) is 0 Å². The second kappa shape index (κ2) is 6.10. The Hall–Kier alpha value is -3.94. The van der Waals surface area contributed by atoms with Crippen molar-refractivity contribution >= 4 is 28.1 Å². The first-order valence-corrected chi connectivity index (χ1v) is 8.34. The fourth-order valence-electron chi connectivity index (χ4n) is 3.05. The van der Waals surface area contributed by atoms with Crippen LogP contribution in [0.5, 0.6) is 6.01 Å². The molecule has 0 saturated carbocycles. The smallest absolute Gasteiger partial charge is 0.318 e. The Morgan fingerprint density at radius 3 is 2.96 bits per heavy atom. The van der Waals surface area contributed by atoms with Gasteiger partial charge in [0.1, 0.15) is 5.82 Å². The first-order valence-electron chi connectivity index (χ1n) is 8.34. The van der Waals surface area contributed by atoms with Crippen LogP contribution in [0.1, 0.15) is 0 Å². The second-order valence-electron chi connectivity index (χ2n) is 6.03. The van der Waals surface area contributed by atoms with Crippen LogP contribution in [0.3, 0.4) is 0 Å². The maximum atomic E-state index is 5.10. The highest BCUT2D eigenvalue weighted by molar-refractivity contribution is 5.86. The van der Waals surface area contributed by atoms with Crippen LogP contribution in [0.25, 0.3) is 27.7 Å². The Labute approximate surface area is 153 Å². The second-order valence-corrected chi connectivity index (χ2v) is 6.03. The number of H-pyrrole nitrogens is 1. The predicted octanol–water partition coefficient (Wildman–Crippen LogP) is 3.42. The summed E-state index contributed by atoms with van der Waals surface area (Å²) in [5, 5.41) is 11.5. The van der Waals surface area contributed by atoms with Crippen molar-refractivity contribution in [3.05, 3.63) is 61.3 Å². The number of nitrogens with zero attached hydrogens (tertiary/aromatic N) is 5. The number of aromatic amines is 1. The summed E-state index contributed by atoms with van der Waals surface area (Å²) in [4.78, 5) is 12.8. The van der Waals surface area contributed by atoms with E-state index in [-0.39, 0.29) is 0 Å². The molecular formula is C19H15N7O. The fraction of sp³-hybridized carbons (Fsp3) is 0.0526. The van der Waals surface area contributed by atoms with E-state index in [1.165, 1.54) is 7.11 Å².